The summed E-state index contributed by atoms with van der Waals surface area (Å²) in [6.45, 7) is 0. The molecule has 23 heavy (non-hydrogen) atoms. The van der Waals surface area contributed by atoms with E-state index in [-0.39, 0.29) is 0 Å². The van der Waals surface area contributed by atoms with E-state index in [1.165, 1.54) is 11.3 Å². The molecular weight excluding hydrogens is 340 g/mol. The van der Waals surface area contributed by atoms with Crippen molar-refractivity contribution >= 4 is 27.0 Å². The minimum absolute atomic E-state index is 0.303. The molecule has 0 bridgehead atoms. The van der Waals surface area contributed by atoms with Gasteiger partial charge in [-0.2, -0.15) is 0 Å². The van der Waals surface area contributed by atoms with E-state index in [2.05, 4.69) is 4.72 Å². The highest BCUT2D eigenvalue weighted by Gasteiger charge is 2.20. The summed E-state index contributed by atoms with van der Waals surface area (Å²) in [6.07, 6.45) is 0. The SMILES string of the molecule is O=S(=O)(Nc1csc(-c2ccccc2)c1)c1cc(F)ccc1F. The van der Waals surface area contributed by atoms with Crippen LogP contribution in [0.15, 0.2) is 64.9 Å². The third-order valence-electron chi connectivity index (χ3n) is 3.09. The molecule has 0 atom stereocenters. The second-order valence-corrected chi connectivity index (χ2v) is 7.31. The first-order valence-electron chi connectivity index (χ1n) is 6.57. The molecule has 0 aliphatic rings. The van der Waals surface area contributed by atoms with Crippen molar-refractivity contribution in [3.63, 3.8) is 0 Å². The predicted octanol–water partition coefficient (Wildman–Crippen LogP) is 4.49. The number of anilines is 1. The van der Waals surface area contributed by atoms with Gasteiger partial charge in [-0.25, -0.2) is 17.2 Å². The molecule has 1 N–H and O–H groups in total. The normalized spacial score (nSPS) is 11.4. The summed E-state index contributed by atoms with van der Waals surface area (Å²) in [5.74, 6) is -1.82. The second kappa shape index (κ2) is 6.10. The van der Waals surface area contributed by atoms with E-state index in [1.54, 1.807) is 11.4 Å². The Morgan fingerprint density at radius 3 is 2.43 bits per heavy atom. The largest absolute Gasteiger partial charge is 0.279 e. The van der Waals surface area contributed by atoms with Crippen molar-refractivity contribution in [3.05, 3.63) is 71.6 Å². The van der Waals surface area contributed by atoms with Crippen LogP contribution < -0.4 is 4.72 Å². The Kier molecular flexibility index (Phi) is 4.14. The lowest BCUT2D eigenvalue weighted by atomic mass is 10.2. The maximum atomic E-state index is 13.7. The number of rotatable bonds is 4. The Bertz CT molecular complexity index is 938. The van der Waals surface area contributed by atoms with Gasteiger partial charge in [0.05, 0.1) is 5.69 Å². The van der Waals surface area contributed by atoms with Crippen LogP contribution >= 0.6 is 11.3 Å². The predicted molar refractivity (Wildman–Crippen MR) is 86.9 cm³/mol. The summed E-state index contributed by atoms with van der Waals surface area (Å²) in [5.41, 5.74) is 1.25. The second-order valence-electron chi connectivity index (χ2n) is 4.75. The molecule has 0 fully saturated rings. The van der Waals surface area contributed by atoms with Crippen LogP contribution in [-0.4, -0.2) is 8.42 Å². The zero-order chi connectivity index (χ0) is 16.4. The van der Waals surface area contributed by atoms with Crippen molar-refractivity contribution in [1.29, 1.82) is 0 Å². The third kappa shape index (κ3) is 3.40. The van der Waals surface area contributed by atoms with Crippen molar-refractivity contribution in [1.82, 2.24) is 0 Å². The van der Waals surface area contributed by atoms with Crippen LogP contribution in [0.1, 0.15) is 0 Å². The Balaban J connectivity index is 1.90. The lowest BCUT2D eigenvalue weighted by molar-refractivity contribution is 0.555. The topological polar surface area (TPSA) is 46.2 Å². The zero-order valence-corrected chi connectivity index (χ0v) is 13.3. The summed E-state index contributed by atoms with van der Waals surface area (Å²) in [5, 5.41) is 1.61. The highest BCUT2D eigenvalue weighted by molar-refractivity contribution is 7.92. The van der Waals surface area contributed by atoms with E-state index in [0.717, 1.165) is 22.6 Å². The van der Waals surface area contributed by atoms with E-state index in [9.17, 15) is 17.2 Å². The summed E-state index contributed by atoms with van der Waals surface area (Å²) in [4.78, 5) is 0.146. The number of hydrogen-bond acceptors (Lipinski definition) is 3. The number of benzene rings is 2. The molecule has 7 heteroatoms. The van der Waals surface area contributed by atoms with Gasteiger partial charge in [0.15, 0.2) is 0 Å². The molecule has 0 aliphatic carbocycles. The molecule has 3 aromatic rings. The third-order valence-corrected chi connectivity index (χ3v) is 5.47. The lowest BCUT2D eigenvalue weighted by Crippen LogP contribution is -2.14. The monoisotopic (exact) mass is 351 g/mol. The molecule has 1 aromatic heterocycles. The molecule has 3 nitrogen and oxygen atoms in total. The van der Waals surface area contributed by atoms with Gasteiger partial charge in [0.25, 0.3) is 10.0 Å². The van der Waals surface area contributed by atoms with Crippen LogP contribution in [-0.2, 0) is 10.0 Å². The Labute approximate surface area is 136 Å². The Morgan fingerprint density at radius 1 is 0.957 bits per heavy atom. The van der Waals surface area contributed by atoms with Crippen molar-refractivity contribution in [2.75, 3.05) is 4.72 Å². The van der Waals surface area contributed by atoms with Crippen LogP contribution in [0.25, 0.3) is 10.4 Å². The molecule has 0 unspecified atom stereocenters. The van der Waals surface area contributed by atoms with Crippen molar-refractivity contribution in [2.45, 2.75) is 4.90 Å². The number of halogens is 2. The fourth-order valence-electron chi connectivity index (χ4n) is 2.04. The summed E-state index contributed by atoms with van der Waals surface area (Å²) < 4.78 is 53.5. The van der Waals surface area contributed by atoms with Gasteiger partial charge in [-0.3, -0.25) is 4.72 Å². The Hall–Kier alpha value is -2.25. The van der Waals surface area contributed by atoms with Crippen molar-refractivity contribution < 1.29 is 17.2 Å². The average molecular weight is 351 g/mol. The van der Waals surface area contributed by atoms with Crippen LogP contribution in [0.2, 0.25) is 0 Å². The van der Waals surface area contributed by atoms with Gasteiger partial charge < -0.3 is 0 Å². The van der Waals surface area contributed by atoms with E-state index in [1.807, 2.05) is 30.3 Å². The van der Waals surface area contributed by atoms with Gasteiger partial charge in [0.1, 0.15) is 16.5 Å². The first-order valence-corrected chi connectivity index (χ1v) is 8.94. The maximum absolute atomic E-state index is 13.7. The van der Waals surface area contributed by atoms with Gasteiger partial charge >= 0.3 is 0 Å². The molecule has 2 aromatic carbocycles. The molecule has 0 radical (unpaired) electrons. The first-order chi connectivity index (χ1) is 11.0. The average Bonchev–Trinajstić information content (AvgIpc) is 2.98. The van der Waals surface area contributed by atoms with E-state index >= 15 is 0 Å². The molecule has 0 amide bonds. The minimum Gasteiger partial charge on any atom is -0.279 e. The van der Waals surface area contributed by atoms with Crippen LogP contribution in [0.3, 0.4) is 0 Å². The minimum atomic E-state index is -4.19. The van der Waals surface area contributed by atoms with Gasteiger partial charge in [-0.15, -0.1) is 11.3 Å². The number of hydrogen-bond donors (Lipinski definition) is 1. The number of nitrogens with one attached hydrogen (secondary N) is 1. The molecule has 118 valence electrons. The first kappa shape index (κ1) is 15.6. The highest BCUT2D eigenvalue weighted by atomic mass is 32.2. The molecule has 1 heterocycles. The zero-order valence-electron chi connectivity index (χ0n) is 11.7. The molecule has 3 rings (SSSR count). The van der Waals surface area contributed by atoms with Gasteiger partial charge in [-0.05, 0) is 29.8 Å². The summed E-state index contributed by atoms with van der Waals surface area (Å²) >= 11 is 1.35. The van der Waals surface area contributed by atoms with Crippen LogP contribution in [0, 0.1) is 11.6 Å². The highest BCUT2D eigenvalue weighted by Crippen LogP contribution is 2.31. The number of sulfonamides is 1. The molecule has 0 saturated carbocycles. The summed E-state index contributed by atoms with van der Waals surface area (Å²) in [7, 11) is -4.19. The molecular formula is C16H11F2NO2S2. The fraction of sp³-hybridized carbons (Fsp3) is 0. The Morgan fingerprint density at radius 2 is 1.70 bits per heavy atom. The van der Waals surface area contributed by atoms with E-state index < -0.39 is 26.6 Å². The van der Waals surface area contributed by atoms with Gasteiger partial charge in [0, 0.05) is 10.3 Å². The summed E-state index contributed by atoms with van der Waals surface area (Å²) in [6, 6.07) is 13.4. The smallest absolute Gasteiger partial charge is 0.264 e. The van der Waals surface area contributed by atoms with E-state index in [0.29, 0.717) is 11.8 Å². The fourth-order valence-corrected chi connectivity index (χ4v) is 4.09. The van der Waals surface area contributed by atoms with Crippen molar-refractivity contribution in [3.8, 4) is 10.4 Å². The van der Waals surface area contributed by atoms with E-state index in [4.69, 9.17) is 0 Å². The molecule has 0 spiro atoms. The van der Waals surface area contributed by atoms with Gasteiger partial charge in [0.2, 0.25) is 0 Å². The lowest BCUT2D eigenvalue weighted by Gasteiger charge is -2.07. The number of thiophene rings is 1. The maximum Gasteiger partial charge on any atom is 0.264 e. The van der Waals surface area contributed by atoms with Crippen LogP contribution in [0.4, 0.5) is 14.5 Å². The standard InChI is InChI=1S/C16H11F2NO2S2/c17-12-6-7-14(18)16(8-12)23(20,21)19-13-9-15(22-10-13)11-4-2-1-3-5-11/h1-10,19H. The quantitative estimate of drug-likeness (QED) is 0.752. The molecule has 0 aliphatic heterocycles. The van der Waals surface area contributed by atoms with Crippen molar-refractivity contribution in [2.24, 2.45) is 0 Å². The molecule has 0 saturated heterocycles. The van der Waals surface area contributed by atoms with Gasteiger partial charge in [-0.1, -0.05) is 30.3 Å². The van der Waals surface area contributed by atoms with Crippen LogP contribution in [0.5, 0.6) is 0 Å².